The summed E-state index contributed by atoms with van der Waals surface area (Å²) in [6, 6.07) is 17.7. The van der Waals surface area contributed by atoms with Crippen LogP contribution in [0.4, 0.5) is 0 Å². The lowest BCUT2D eigenvalue weighted by molar-refractivity contribution is -0.143. The van der Waals surface area contributed by atoms with E-state index in [2.05, 4.69) is 5.10 Å². The van der Waals surface area contributed by atoms with Crippen molar-refractivity contribution < 1.29 is 14.3 Å². The third-order valence-electron chi connectivity index (χ3n) is 4.40. The molecule has 27 heavy (non-hydrogen) atoms. The van der Waals surface area contributed by atoms with Crippen LogP contribution in [0.3, 0.4) is 0 Å². The summed E-state index contributed by atoms with van der Waals surface area (Å²) < 4.78 is 12.8. The van der Waals surface area contributed by atoms with E-state index >= 15 is 0 Å². The Labute approximate surface area is 159 Å². The largest absolute Gasteiger partial charge is 0.490 e. The molecule has 0 saturated heterocycles. The first-order chi connectivity index (χ1) is 13.0. The summed E-state index contributed by atoms with van der Waals surface area (Å²) in [6.07, 6.45) is 0.203. The number of nitrogens with zero attached hydrogens (tertiary/aromatic N) is 2. The molecule has 3 rings (SSSR count). The van der Waals surface area contributed by atoms with Crippen LogP contribution in [-0.2, 0) is 16.0 Å². The fourth-order valence-corrected chi connectivity index (χ4v) is 2.90. The Morgan fingerprint density at radius 3 is 2.37 bits per heavy atom. The summed E-state index contributed by atoms with van der Waals surface area (Å²) in [6.45, 7) is 6.45. The van der Waals surface area contributed by atoms with Crippen LogP contribution in [0.2, 0.25) is 0 Å². The van der Waals surface area contributed by atoms with Gasteiger partial charge in [0.2, 0.25) is 0 Å². The van der Waals surface area contributed by atoms with E-state index in [-0.39, 0.29) is 19.0 Å². The van der Waals surface area contributed by atoms with Gasteiger partial charge in [-0.05, 0) is 45.0 Å². The van der Waals surface area contributed by atoms with Gasteiger partial charge in [0, 0.05) is 11.3 Å². The van der Waals surface area contributed by atoms with E-state index in [1.807, 2.05) is 80.1 Å². The first kappa shape index (κ1) is 18.7. The Morgan fingerprint density at radius 1 is 0.963 bits per heavy atom. The van der Waals surface area contributed by atoms with Crippen molar-refractivity contribution in [3.8, 4) is 11.4 Å². The van der Waals surface area contributed by atoms with Gasteiger partial charge >= 0.3 is 5.97 Å². The van der Waals surface area contributed by atoms with Gasteiger partial charge < -0.3 is 9.47 Å². The summed E-state index contributed by atoms with van der Waals surface area (Å²) >= 11 is 0. The Hall–Kier alpha value is -3.08. The Bertz CT molecular complexity index is 899. The van der Waals surface area contributed by atoms with Crippen LogP contribution in [-0.4, -0.2) is 29.0 Å². The van der Waals surface area contributed by atoms with Gasteiger partial charge in [-0.15, -0.1) is 0 Å². The summed E-state index contributed by atoms with van der Waals surface area (Å²) in [7, 11) is 0. The molecule has 0 aliphatic carbocycles. The molecule has 0 spiro atoms. The minimum absolute atomic E-state index is 0.203. The molecule has 140 valence electrons. The maximum Gasteiger partial charge on any atom is 0.310 e. The SMILES string of the molecule is Cc1ccc(OCCOC(=O)Cc2c(C)nn(-c3ccccc3)c2C)cc1. The highest BCUT2D eigenvalue weighted by atomic mass is 16.6. The molecule has 1 aromatic heterocycles. The van der Waals surface area contributed by atoms with Crippen LogP contribution < -0.4 is 4.74 Å². The minimum atomic E-state index is -0.277. The van der Waals surface area contributed by atoms with E-state index in [0.29, 0.717) is 6.61 Å². The molecule has 0 fully saturated rings. The Morgan fingerprint density at radius 2 is 1.67 bits per heavy atom. The molecule has 0 unspecified atom stereocenters. The van der Waals surface area contributed by atoms with E-state index in [1.165, 1.54) is 5.56 Å². The summed E-state index contributed by atoms with van der Waals surface area (Å²) in [5, 5.41) is 4.56. The lowest BCUT2D eigenvalue weighted by Crippen LogP contribution is -2.14. The monoisotopic (exact) mass is 364 g/mol. The number of carbonyl (C=O) groups is 1. The zero-order chi connectivity index (χ0) is 19.2. The van der Waals surface area contributed by atoms with Crippen molar-refractivity contribution in [1.82, 2.24) is 9.78 Å². The third-order valence-corrected chi connectivity index (χ3v) is 4.40. The highest BCUT2D eigenvalue weighted by Gasteiger charge is 2.16. The van der Waals surface area contributed by atoms with Gasteiger partial charge in [0.25, 0.3) is 0 Å². The van der Waals surface area contributed by atoms with Crippen molar-refractivity contribution in [1.29, 1.82) is 0 Å². The van der Waals surface area contributed by atoms with Gasteiger partial charge in [0.15, 0.2) is 0 Å². The third kappa shape index (κ3) is 4.76. The van der Waals surface area contributed by atoms with Gasteiger partial charge in [0.05, 0.1) is 17.8 Å². The molecule has 0 atom stereocenters. The minimum Gasteiger partial charge on any atom is -0.490 e. The summed E-state index contributed by atoms with van der Waals surface area (Å²) in [5.74, 6) is 0.494. The number of hydrogen-bond donors (Lipinski definition) is 0. The zero-order valence-corrected chi connectivity index (χ0v) is 15.9. The van der Waals surface area contributed by atoms with E-state index in [0.717, 1.165) is 28.4 Å². The summed E-state index contributed by atoms with van der Waals surface area (Å²) in [4.78, 5) is 12.2. The number of esters is 1. The average molecular weight is 364 g/mol. The molecular weight excluding hydrogens is 340 g/mol. The van der Waals surface area contributed by atoms with Gasteiger partial charge in [0.1, 0.15) is 19.0 Å². The normalized spacial score (nSPS) is 10.6. The molecule has 1 heterocycles. The molecule has 0 bridgehead atoms. The van der Waals surface area contributed by atoms with Crippen molar-refractivity contribution in [2.45, 2.75) is 27.2 Å². The first-order valence-corrected chi connectivity index (χ1v) is 9.00. The molecule has 0 radical (unpaired) electrons. The second-order valence-corrected chi connectivity index (χ2v) is 6.46. The van der Waals surface area contributed by atoms with Crippen molar-refractivity contribution in [3.63, 3.8) is 0 Å². The highest BCUT2D eigenvalue weighted by Crippen LogP contribution is 2.18. The molecule has 0 aliphatic rings. The molecule has 0 aliphatic heterocycles. The van der Waals surface area contributed by atoms with Gasteiger partial charge in [-0.25, -0.2) is 4.68 Å². The smallest absolute Gasteiger partial charge is 0.310 e. The Balaban J connectivity index is 1.53. The predicted molar refractivity (Wildman–Crippen MR) is 104 cm³/mol. The molecule has 0 saturated carbocycles. The Kier molecular flexibility index (Phi) is 5.91. The van der Waals surface area contributed by atoms with Gasteiger partial charge in [-0.1, -0.05) is 35.9 Å². The number of para-hydroxylation sites is 1. The van der Waals surface area contributed by atoms with Crippen molar-refractivity contribution >= 4 is 5.97 Å². The van der Waals surface area contributed by atoms with Crippen LogP contribution in [0, 0.1) is 20.8 Å². The van der Waals surface area contributed by atoms with Crippen molar-refractivity contribution in [2.75, 3.05) is 13.2 Å². The standard InChI is InChI=1S/C22H24N2O3/c1-16-9-11-20(12-10-16)26-13-14-27-22(25)15-21-17(2)23-24(18(21)3)19-7-5-4-6-8-19/h4-12H,13-15H2,1-3H3. The fraction of sp³-hybridized carbons (Fsp3) is 0.273. The molecule has 2 aromatic carbocycles. The maximum atomic E-state index is 12.2. The van der Waals surface area contributed by atoms with Crippen LogP contribution in [0.5, 0.6) is 5.75 Å². The van der Waals surface area contributed by atoms with Crippen molar-refractivity contribution in [3.05, 3.63) is 77.1 Å². The van der Waals surface area contributed by atoms with E-state index in [1.54, 1.807) is 0 Å². The number of aromatic nitrogens is 2. The van der Waals surface area contributed by atoms with E-state index < -0.39 is 0 Å². The zero-order valence-electron chi connectivity index (χ0n) is 15.9. The van der Waals surface area contributed by atoms with Gasteiger partial charge in [-0.3, -0.25) is 4.79 Å². The lowest BCUT2D eigenvalue weighted by atomic mass is 10.1. The molecule has 0 amide bonds. The molecule has 0 N–H and O–H groups in total. The molecule has 5 nitrogen and oxygen atoms in total. The van der Waals surface area contributed by atoms with Crippen molar-refractivity contribution in [2.24, 2.45) is 0 Å². The first-order valence-electron chi connectivity index (χ1n) is 9.00. The molecular formula is C22H24N2O3. The van der Waals surface area contributed by atoms with E-state index in [4.69, 9.17) is 9.47 Å². The second kappa shape index (κ2) is 8.54. The van der Waals surface area contributed by atoms with Crippen LogP contribution >= 0.6 is 0 Å². The summed E-state index contributed by atoms with van der Waals surface area (Å²) in [5.41, 5.74) is 4.85. The van der Waals surface area contributed by atoms with Crippen LogP contribution in [0.1, 0.15) is 22.5 Å². The molecule has 3 aromatic rings. The highest BCUT2D eigenvalue weighted by molar-refractivity contribution is 5.73. The number of ether oxygens (including phenoxy) is 2. The average Bonchev–Trinajstić information content (AvgIpc) is 2.95. The number of rotatable bonds is 7. The topological polar surface area (TPSA) is 53.4 Å². The number of hydrogen-bond acceptors (Lipinski definition) is 4. The number of carbonyl (C=O) groups excluding carboxylic acids is 1. The quantitative estimate of drug-likeness (QED) is 0.470. The molecule has 5 heteroatoms. The fourth-order valence-electron chi connectivity index (χ4n) is 2.90. The predicted octanol–water partition coefficient (Wildman–Crippen LogP) is 3.96. The van der Waals surface area contributed by atoms with Gasteiger partial charge in [-0.2, -0.15) is 5.10 Å². The van der Waals surface area contributed by atoms with Crippen LogP contribution in [0.25, 0.3) is 5.69 Å². The lowest BCUT2D eigenvalue weighted by Gasteiger charge is -2.08. The number of aryl methyl sites for hydroxylation is 2. The number of benzene rings is 2. The second-order valence-electron chi connectivity index (χ2n) is 6.46. The maximum absolute atomic E-state index is 12.2. The van der Waals surface area contributed by atoms with E-state index in [9.17, 15) is 4.79 Å². The van der Waals surface area contributed by atoms with Crippen LogP contribution in [0.15, 0.2) is 54.6 Å².